The topological polar surface area (TPSA) is 257 Å². The summed E-state index contributed by atoms with van der Waals surface area (Å²) in [5.41, 5.74) is 9.36. The maximum atomic E-state index is 13.7. The van der Waals surface area contributed by atoms with Gasteiger partial charge < -0.3 is 50.7 Å². The Kier molecular flexibility index (Phi) is 15.2. The fraction of sp³-hybridized carbons (Fsp3) is 0.559. The zero-order valence-electron chi connectivity index (χ0n) is 29.0. The second kappa shape index (κ2) is 19.5. The Morgan fingerprint density at radius 3 is 2.30 bits per heavy atom. The first-order valence-corrected chi connectivity index (χ1v) is 17.2. The molecule has 292 valence electrons. The fourth-order valence-electron chi connectivity index (χ4n) is 5.94. The first kappa shape index (κ1) is 41.2. The van der Waals surface area contributed by atoms with Gasteiger partial charge in [0.1, 0.15) is 24.4 Å². The maximum absolute atomic E-state index is 13.7. The van der Waals surface area contributed by atoms with Gasteiger partial charge in [-0.25, -0.2) is 13.6 Å². The van der Waals surface area contributed by atoms with Crippen molar-refractivity contribution in [2.24, 2.45) is 11.5 Å². The van der Waals surface area contributed by atoms with Crippen LogP contribution in [0.2, 0.25) is 0 Å². The summed E-state index contributed by atoms with van der Waals surface area (Å²) in [7, 11) is 1.20. The van der Waals surface area contributed by atoms with Gasteiger partial charge in [-0.2, -0.15) is 0 Å². The molecule has 1 saturated heterocycles. The van der Waals surface area contributed by atoms with E-state index >= 15 is 0 Å². The number of aliphatic hydroxyl groups excluding tert-OH is 2. The average molecular weight is 754 g/mol. The lowest BCUT2D eigenvalue weighted by atomic mass is 10.0. The number of aliphatic hydroxyl groups is 2. The van der Waals surface area contributed by atoms with Gasteiger partial charge in [0, 0.05) is 37.5 Å². The molecule has 4 rings (SSSR count). The van der Waals surface area contributed by atoms with Crippen molar-refractivity contribution in [2.45, 2.75) is 107 Å². The first-order valence-electron chi connectivity index (χ1n) is 17.2. The van der Waals surface area contributed by atoms with E-state index in [-0.39, 0.29) is 12.1 Å². The molecule has 19 heteroatoms. The second-order valence-corrected chi connectivity index (χ2v) is 12.6. The molecule has 2 amide bonds. The number of nitrogens with two attached hydrogens (primary N) is 2. The maximum Gasteiger partial charge on any atom is 0.330 e. The molecule has 3 heterocycles. The number of esters is 1. The predicted molar refractivity (Wildman–Crippen MR) is 181 cm³/mol. The molecule has 0 spiro atoms. The molecule has 2 aliphatic rings. The van der Waals surface area contributed by atoms with E-state index in [1.165, 1.54) is 7.11 Å². The van der Waals surface area contributed by atoms with Crippen molar-refractivity contribution >= 4 is 23.5 Å². The molecule has 2 aromatic rings. The molecule has 0 unspecified atom stereocenters. The average Bonchev–Trinajstić information content (AvgIpc) is 3.46. The minimum atomic E-state index is -1.96. The summed E-state index contributed by atoms with van der Waals surface area (Å²) < 4.78 is 56.5. The number of rotatable bonds is 19. The number of nitrogens with one attached hydrogen (secondary N) is 2. The minimum absolute atomic E-state index is 0.00942. The zero-order chi connectivity index (χ0) is 38.7. The number of nitrogens with zero attached hydrogens (tertiary/aromatic N) is 1. The van der Waals surface area contributed by atoms with Crippen LogP contribution in [0.4, 0.5) is 14.5 Å². The number of carbonyl (C=O) groups excluding carboxylic acids is 3. The second-order valence-electron chi connectivity index (χ2n) is 12.6. The summed E-state index contributed by atoms with van der Waals surface area (Å²) in [5, 5.41) is 23.4. The highest BCUT2D eigenvalue weighted by Crippen LogP contribution is 2.36. The lowest BCUT2D eigenvalue weighted by Crippen LogP contribution is -2.54. The van der Waals surface area contributed by atoms with E-state index in [4.69, 9.17) is 35.2 Å². The number of hydrogen-bond donors (Lipinski definition) is 6. The summed E-state index contributed by atoms with van der Waals surface area (Å²) >= 11 is 0. The number of aromatic amines is 1. The van der Waals surface area contributed by atoms with Gasteiger partial charge in [-0.1, -0.05) is 38.5 Å². The van der Waals surface area contributed by atoms with E-state index in [9.17, 15) is 43.0 Å². The molecule has 1 fully saturated rings. The van der Waals surface area contributed by atoms with Gasteiger partial charge in [-0.05, 0) is 37.6 Å². The van der Waals surface area contributed by atoms with Crippen molar-refractivity contribution in [3.63, 3.8) is 0 Å². The van der Waals surface area contributed by atoms with Crippen molar-refractivity contribution < 1.29 is 57.1 Å². The van der Waals surface area contributed by atoms with Crippen LogP contribution in [0.15, 0.2) is 51.9 Å². The van der Waals surface area contributed by atoms with E-state index in [0.717, 1.165) is 80.0 Å². The van der Waals surface area contributed by atoms with Gasteiger partial charge in [-0.15, -0.1) is 0 Å². The van der Waals surface area contributed by atoms with E-state index in [0.29, 0.717) is 19.0 Å². The third kappa shape index (κ3) is 11.0. The van der Waals surface area contributed by atoms with Crippen LogP contribution in [0.3, 0.4) is 0 Å². The summed E-state index contributed by atoms with van der Waals surface area (Å²) in [6, 6.07) is 3.54. The standard InChI is InChI=1S/C34H45F2N5O12/c1-49-26-27(28(30(38)46)53-33-25(45)21(42)17-22(50-33)31(47)39-18-11-12-19(35)20(36)16-18)52-32(41-15-13-23(43)40-34(41)48)29(26)51-24(44)10-8-6-4-2-3-5-7-9-14-37/h11-13,15-17,21,25-29,32-33,42,45H,2-10,14,37H2,1H3,(H2,38,46)(H,39,47)(H,40,43,48)/t21-,25-,26+,27-,28+,29+,32+,33+/m0/s1. The van der Waals surface area contributed by atoms with Crippen LogP contribution in [-0.4, -0.2) is 94.1 Å². The zero-order valence-corrected chi connectivity index (χ0v) is 29.0. The quantitative estimate of drug-likeness (QED) is 0.0849. The Labute approximate surface area is 302 Å². The van der Waals surface area contributed by atoms with E-state index in [1.807, 2.05) is 0 Å². The highest BCUT2D eigenvalue weighted by Gasteiger charge is 2.54. The van der Waals surface area contributed by atoms with Crippen LogP contribution in [-0.2, 0) is 38.1 Å². The predicted octanol–water partition coefficient (Wildman–Crippen LogP) is 0.580. The Balaban J connectivity index is 1.50. The Hall–Kier alpha value is -4.53. The van der Waals surface area contributed by atoms with Crippen LogP contribution < -0.4 is 28.0 Å². The number of methoxy groups -OCH3 is 1. The van der Waals surface area contributed by atoms with Crippen LogP contribution in [0, 0.1) is 11.6 Å². The molecule has 8 N–H and O–H groups in total. The smallest absolute Gasteiger partial charge is 0.330 e. The molecule has 53 heavy (non-hydrogen) atoms. The van der Waals surface area contributed by atoms with Crippen LogP contribution in [0.1, 0.15) is 64.0 Å². The number of anilines is 1. The molecule has 8 atom stereocenters. The van der Waals surface area contributed by atoms with Crippen molar-refractivity contribution in [1.29, 1.82) is 0 Å². The normalized spacial score (nSPS) is 24.6. The third-order valence-electron chi connectivity index (χ3n) is 8.68. The van der Waals surface area contributed by atoms with Gasteiger partial charge in [0.15, 0.2) is 35.8 Å². The fourth-order valence-corrected chi connectivity index (χ4v) is 5.94. The number of H-pyrrole nitrogens is 1. The van der Waals surface area contributed by atoms with Gasteiger partial charge in [0.2, 0.25) is 12.2 Å². The van der Waals surface area contributed by atoms with Crippen molar-refractivity contribution in [3.8, 4) is 0 Å². The number of unbranched alkanes of at least 4 members (excludes halogenated alkanes) is 7. The van der Waals surface area contributed by atoms with E-state index in [1.54, 1.807) is 0 Å². The van der Waals surface area contributed by atoms with Gasteiger partial charge in [-0.3, -0.25) is 28.7 Å². The van der Waals surface area contributed by atoms with Gasteiger partial charge in [0.25, 0.3) is 11.5 Å². The third-order valence-corrected chi connectivity index (χ3v) is 8.68. The first-order chi connectivity index (χ1) is 25.3. The molecule has 0 saturated carbocycles. The van der Waals surface area contributed by atoms with Gasteiger partial charge in [0.05, 0.1) is 0 Å². The number of halogens is 2. The number of hydrogen-bond acceptors (Lipinski definition) is 13. The number of aromatic nitrogens is 2. The van der Waals surface area contributed by atoms with Crippen LogP contribution in [0.5, 0.6) is 0 Å². The molecule has 2 aliphatic heterocycles. The van der Waals surface area contributed by atoms with E-state index in [2.05, 4.69) is 10.3 Å². The summed E-state index contributed by atoms with van der Waals surface area (Å²) in [4.78, 5) is 65.6. The number of ether oxygens (including phenoxy) is 5. The minimum Gasteiger partial charge on any atom is -0.456 e. The number of amides is 2. The van der Waals surface area contributed by atoms with Crippen molar-refractivity contribution in [1.82, 2.24) is 9.55 Å². The largest absolute Gasteiger partial charge is 0.456 e. The summed E-state index contributed by atoms with van der Waals surface area (Å²) in [6.07, 6.45) is -4.11. The van der Waals surface area contributed by atoms with Crippen molar-refractivity contribution in [2.75, 3.05) is 19.0 Å². The SMILES string of the molecule is CO[C@H]1[C@@H](OC(=O)CCCCCCCCCCN)[C@H](n2ccc(=O)[nH]c2=O)O[C@@H]1[C@@H](O[C@H]1OC(C(=O)Nc2ccc(F)c(F)c2)=C[C@H](O)[C@@H]1O)C(N)=O. The van der Waals surface area contributed by atoms with Gasteiger partial charge >= 0.3 is 11.7 Å². The highest BCUT2D eigenvalue weighted by atomic mass is 19.2. The molecule has 0 aliphatic carbocycles. The Morgan fingerprint density at radius 2 is 1.68 bits per heavy atom. The highest BCUT2D eigenvalue weighted by molar-refractivity contribution is 6.02. The molecular formula is C34H45F2N5O12. The molecule has 1 aromatic carbocycles. The summed E-state index contributed by atoms with van der Waals surface area (Å²) in [6.45, 7) is 0.666. The monoisotopic (exact) mass is 753 g/mol. The Morgan fingerprint density at radius 1 is 1.00 bits per heavy atom. The van der Waals surface area contributed by atoms with Crippen LogP contribution in [0.25, 0.3) is 0 Å². The molecule has 17 nitrogen and oxygen atoms in total. The van der Waals surface area contributed by atoms with Crippen LogP contribution >= 0.6 is 0 Å². The number of benzene rings is 1. The Bertz CT molecular complexity index is 1720. The lowest BCUT2D eigenvalue weighted by Gasteiger charge is -2.35. The molecular weight excluding hydrogens is 708 g/mol. The molecule has 0 bridgehead atoms. The number of primary amides is 1. The summed E-state index contributed by atoms with van der Waals surface area (Å²) in [5.74, 6) is -5.99. The van der Waals surface area contributed by atoms with Crippen molar-refractivity contribution in [3.05, 3.63) is 74.8 Å². The number of carbonyl (C=O) groups is 3. The molecule has 0 radical (unpaired) electrons. The van der Waals surface area contributed by atoms with E-state index < -0.39 is 95.6 Å². The lowest BCUT2D eigenvalue weighted by molar-refractivity contribution is -0.241. The molecule has 1 aromatic heterocycles.